The largest absolute Gasteiger partial charge is 0.497 e. The van der Waals surface area contributed by atoms with Crippen molar-refractivity contribution >= 4 is 28.8 Å². The maximum atomic E-state index is 13.7. The number of imidazole rings is 1. The first-order valence-electron chi connectivity index (χ1n) is 8.46. The van der Waals surface area contributed by atoms with Gasteiger partial charge in [0.1, 0.15) is 5.75 Å². The van der Waals surface area contributed by atoms with Crippen LogP contribution < -0.4 is 4.74 Å². The lowest BCUT2D eigenvalue weighted by molar-refractivity contribution is -0.139. The van der Waals surface area contributed by atoms with Crippen LogP contribution in [0, 0.1) is 0 Å². The van der Waals surface area contributed by atoms with Gasteiger partial charge in [-0.3, -0.25) is 0 Å². The molecule has 11 heteroatoms. The maximum Gasteiger partial charge on any atom is 0.417 e. The molecule has 7 nitrogen and oxygen atoms in total. The van der Waals surface area contributed by atoms with Crippen molar-refractivity contribution in [2.75, 3.05) is 7.11 Å². The quantitative estimate of drug-likeness (QED) is 0.476. The van der Waals surface area contributed by atoms with Crippen LogP contribution in [0.25, 0.3) is 17.0 Å². The van der Waals surface area contributed by atoms with E-state index in [-0.39, 0.29) is 21.9 Å². The highest BCUT2D eigenvalue weighted by atomic mass is 32.2. The molecule has 30 heavy (non-hydrogen) atoms. The van der Waals surface area contributed by atoms with Gasteiger partial charge in [0.25, 0.3) is 0 Å². The number of nitrogens with zero attached hydrogens (tertiary/aromatic N) is 3. The zero-order valence-electron chi connectivity index (χ0n) is 15.3. The van der Waals surface area contributed by atoms with Crippen molar-refractivity contribution in [3.8, 4) is 11.7 Å². The van der Waals surface area contributed by atoms with Crippen molar-refractivity contribution in [2.24, 2.45) is 0 Å². The van der Waals surface area contributed by atoms with Gasteiger partial charge < -0.3 is 14.8 Å². The van der Waals surface area contributed by atoms with Crippen LogP contribution in [0.2, 0.25) is 0 Å². The predicted octanol–water partition coefficient (Wildman–Crippen LogP) is 4.63. The van der Waals surface area contributed by atoms with Gasteiger partial charge in [-0.1, -0.05) is 11.8 Å². The Kier molecular flexibility index (Phi) is 4.90. The first-order chi connectivity index (χ1) is 14.2. The van der Waals surface area contributed by atoms with Crippen molar-refractivity contribution in [3.63, 3.8) is 0 Å². The summed E-state index contributed by atoms with van der Waals surface area (Å²) in [5, 5.41) is 12.9. The molecule has 0 saturated carbocycles. The normalized spacial score (nSPS) is 11.7. The molecule has 0 radical (unpaired) electrons. The van der Waals surface area contributed by atoms with E-state index in [1.165, 1.54) is 19.4 Å². The molecule has 0 bridgehead atoms. The molecule has 0 aliphatic carbocycles. The number of methoxy groups -OCH3 is 1. The molecule has 2 N–H and O–H groups in total. The number of benzene rings is 2. The Hall–Kier alpha value is -3.47. The molecule has 0 amide bonds. The summed E-state index contributed by atoms with van der Waals surface area (Å²) in [6.45, 7) is 0. The number of halogens is 3. The SMILES string of the molecule is COc1ccc(Sc2cc3nc(-n4cc(C(=O)O)cn4)[nH]c3cc2C(F)(F)F)cc1. The Labute approximate surface area is 171 Å². The van der Waals surface area contributed by atoms with Crippen LogP contribution in [0.1, 0.15) is 15.9 Å². The van der Waals surface area contributed by atoms with E-state index < -0.39 is 17.7 Å². The number of H-pyrrole nitrogens is 1. The number of nitrogens with one attached hydrogen (secondary N) is 1. The van der Waals surface area contributed by atoms with Crippen LogP contribution in [0.5, 0.6) is 5.75 Å². The van der Waals surface area contributed by atoms with Crippen molar-refractivity contribution in [1.82, 2.24) is 19.7 Å². The summed E-state index contributed by atoms with van der Waals surface area (Å²) in [7, 11) is 1.51. The fourth-order valence-corrected chi connectivity index (χ4v) is 3.74. The van der Waals surface area contributed by atoms with Gasteiger partial charge in [0, 0.05) is 16.0 Å². The van der Waals surface area contributed by atoms with E-state index in [9.17, 15) is 18.0 Å². The van der Waals surface area contributed by atoms with Gasteiger partial charge in [-0.15, -0.1) is 0 Å². The number of aromatic nitrogens is 4. The Balaban J connectivity index is 1.77. The minimum atomic E-state index is -4.57. The summed E-state index contributed by atoms with van der Waals surface area (Å²) in [6, 6.07) is 8.99. The summed E-state index contributed by atoms with van der Waals surface area (Å²) in [5.41, 5.74) is -0.426. The number of hydrogen-bond acceptors (Lipinski definition) is 5. The van der Waals surface area contributed by atoms with Crippen molar-refractivity contribution in [2.45, 2.75) is 16.0 Å². The number of carboxylic acid groups (broad SMARTS) is 1. The second-order valence-corrected chi connectivity index (χ2v) is 7.30. The smallest absolute Gasteiger partial charge is 0.417 e. The first kappa shape index (κ1) is 19.8. The van der Waals surface area contributed by atoms with Gasteiger partial charge in [0.2, 0.25) is 5.95 Å². The highest BCUT2D eigenvalue weighted by Gasteiger charge is 2.34. The van der Waals surface area contributed by atoms with Gasteiger partial charge in [-0.2, -0.15) is 18.3 Å². The summed E-state index contributed by atoms with van der Waals surface area (Å²) >= 11 is 0.959. The van der Waals surface area contributed by atoms with Crippen molar-refractivity contribution < 1.29 is 27.8 Å². The molecular weight excluding hydrogens is 421 g/mol. The van der Waals surface area contributed by atoms with Crippen LogP contribution in [-0.4, -0.2) is 37.9 Å². The fraction of sp³-hybridized carbons (Fsp3) is 0.105. The number of alkyl halides is 3. The number of aromatic carboxylic acids is 1. The van der Waals surface area contributed by atoms with E-state index in [2.05, 4.69) is 15.1 Å². The Morgan fingerprint density at radius 2 is 1.97 bits per heavy atom. The van der Waals surface area contributed by atoms with Gasteiger partial charge in [0.05, 0.1) is 35.5 Å². The molecule has 0 spiro atoms. The summed E-state index contributed by atoms with van der Waals surface area (Å²) < 4.78 is 47.2. The van der Waals surface area contributed by atoms with E-state index in [1.54, 1.807) is 24.3 Å². The number of hydrogen-bond donors (Lipinski definition) is 2. The summed E-state index contributed by atoms with van der Waals surface area (Å²) in [5.74, 6) is -0.463. The molecule has 2 aromatic heterocycles. The number of rotatable bonds is 5. The lowest BCUT2D eigenvalue weighted by atomic mass is 10.2. The number of ether oxygens (including phenoxy) is 1. The minimum absolute atomic E-state index is 0.00935. The molecule has 154 valence electrons. The highest BCUT2D eigenvalue weighted by Crippen LogP contribution is 2.41. The number of aromatic amines is 1. The highest BCUT2D eigenvalue weighted by molar-refractivity contribution is 7.99. The predicted molar refractivity (Wildman–Crippen MR) is 102 cm³/mol. The third kappa shape index (κ3) is 3.83. The molecule has 0 saturated heterocycles. The van der Waals surface area contributed by atoms with E-state index in [0.29, 0.717) is 16.2 Å². The average Bonchev–Trinajstić information content (AvgIpc) is 3.34. The molecule has 0 unspecified atom stereocenters. The van der Waals surface area contributed by atoms with Crippen LogP contribution in [0.15, 0.2) is 58.6 Å². The van der Waals surface area contributed by atoms with E-state index in [1.807, 2.05) is 0 Å². The first-order valence-corrected chi connectivity index (χ1v) is 9.27. The van der Waals surface area contributed by atoms with Crippen LogP contribution in [0.3, 0.4) is 0 Å². The van der Waals surface area contributed by atoms with E-state index in [0.717, 1.165) is 28.7 Å². The van der Waals surface area contributed by atoms with Gasteiger partial charge in [-0.25, -0.2) is 14.5 Å². The van der Waals surface area contributed by atoms with Crippen molar-refractivity contribution in [3.05, 3.63) is 59.9 Å². The molecule has 0 atom stereocenters. The summed E-state index contributed by atoms with van der Waals surface area (Å²) in [6.07, 6.45) is -2.23. The average molecular weight is 434 g/mol. The number of carbonyl (C=O) groups is 1. The molecule has 2 aromatic carbocycles. The standard InChI is InChI=1S/C19H13F3N4O3S/c1-29-11-2-4-12(5-3-11)30-16-7-15-14(6-13(16)19(20,21)22)24-18(25-15)26-9-10(8-23-26)17(27)28/h2-9H,1H3,(H,24,25)(H,27,28). The third-order valence-corrected chi connectivity index (χ3v) is 5.28. The monoisotopic (exact) mass is 434 g/mol. The molecule has 0 aliphatic rings. The third-order valence-electron chi connectivity index (χ3n) is 4.21. The zero-order valence-corrected chi connectivity index (χ0v) is 16.1. The lowest BCUT2D eigenvalue weighted by Crippen LogP contribution is -2.06. The molecule has 2 heterocycles. The Morgan fingerprint density at radius 3 is 2.57 bits per heavy atom. The topological polar surface area (TPSA) is 93.0 Å². The van der Waals surface area contributed by atoms with Crippen LogP contribution >= 0.6 is 11.8 Å². The van der Waals surface area contributed by atoms with Crippen LogP contribution in [-0.2, 0) is 6.18 Å². The van der Waals surface area contributed by atoms with E-state index >= 15 is 0 Å². The van der Waals surface area contributed by atoms with Gasteiger partial charge in [-0.05, 0) is 36.4 Å². The fourth-order valence-electron chi connectivity index (χ4n) is 2.76. The maximum absolute atomic E-state index is 13.7. The molecule has 0 aliphatic heterocycles. The van der Waals surface area contributed by atoms with Gasteiger partial charge in [0.15, 0.2) is 0 Å². The molecule has 4 rings (SSSR count). The van der Waals surface area contributed by atoms with Crippen LogP contribution in [0.4, 0.5) is 13.2 Å². The number of carboxylic acids is 1. The Morgan fingerprint density at radius 1 is 1.23 bits per heavy atom. The zero-order chi connectivity index (χ0) is 21.5. The Bertz CT molecular complexity index is 1230. The molecule has 0 fully saturated rings. The minimum Gasteiger partial charge on any atom is -0.497 e. The molecule has 4 aromatic rings. The van der Waals surface area contributed by atoms with E-state index in [4.69, 9.17) is 9.84 Å². The number of fused-ring (bicyclic) bond motifs is 1. The lowest BCUT2D eigenvalue weighted by Gasteiger charge is -2.12. The second-order valence-electron chi connectivity index (χ2n) is 6.18. The van der Waals surface area contributed by atoms with Crippen molar-refractivity contribution in [1.29, 1.82) is 0 Å². The second kappa shape index (κ2) is 7.41. The summed E-state index contributed by atoms with van der Waals surface area (Å²) in [4.78, 5) is 18.6. The van der Waals surface area contributed by atoms with Gasteiger partial charge >= 0.3 is 12.1 Å². The molecular formula is C19H13F3N4O3S.